The minimum absolute atomic E-state index is 0.195. The molecule has 0 aliphatic heterocycles. The van der Waals surface area contributed by atoms with Crippen LogP contribution in [0.3, 0.4) is 0 Å². The lowest BCUT2D eigenvalue weighted by atomic mass is 10.2. The van der Waals surface area contributed by atoms with Crippen LogP contribution < -0.4 is 10.2 Å². The van der Waals surface area contributed by atoms with Crippen molar-refractivity contribution < 1.29 is 9.84 Å². The fourth-order valence-electron chi connectivity index (χ4n) is 1.99. The van der Waals surface area contributed by atoms with Crippen LogP contribution in [0.15, 0.2) is 24.3 Å². The first-order valence-corrected chi connectivity index (χ1v) is 6.96. The van der Waals surface area contributed by atoms with Crippen molar-refractivity contribution in [1.82, 2.24) is 5.32 Å². The van der Waals surface area contributed by atoms with Crippen LogP contribution in [0.2, 0.25) is 0 Å². The summed E-state index contributed by atoms with van der Waals surface area (Å²) >= 11 is 0. The highest BCUT2D eigenvalue weighted by molar-refractivity contribution is 5.47. The zero-order valence-electron chi connectivity index (χ0n) is 12.1. The number of nitrogens with zero attached hydrogens (tertiary/aromatic N) is 1. The van der Waals surface area contributed by atoms with E-state index in [0.29, 0.717) is 6.54 Å². The number of ether oxygens (including phenoxy) is 1. The molecule has 0 unspecified atom stereocenters. The predicted molar refractivity (Wildman–Crippen MR) is 79.6 cm³/mol. The summed E-state index contributed by atoms with van der Waals surface area (Å²) in [5, 5.41) is 12.4. The number of rotatable bonds is 10. The highest BCUT2D eigenvalue weighted by atomic mass is 16.5. The quantitative estimate of drug-likeness (QED) is 0.632. The third-order valence-electron chi connectivity index (χ3n) is 2.98. The van der Waals surface area contributed by atoms with Gasteiger partial charge in [-0.15, -0.1) is 0 Å². The summed E-state index contributed by atoms with van der Waals surface area (Å²) in [5.41, 5.74) is 2.44. The van der Waals surface area contributed by atoms with E-state index in [-0.39, 0.29) is 6.61 Å². The normalized spacial score (nSPS) is 10.7. The molecule has 0 bridgehead atoms. The van der Waals surface area contributed by atoms with Crippen LogP contribution in [0.1, 0.15) is 18.9 Å². The molecule has 0 saturated heterocycles. The molecule has 0 aromatic heterocycles. The Morgan fingerprint density at radius 1 is 1.21 bits per heavy atom. The SMILES string of the molecule is CCCN(CCO)c1ccc(CNCCOC)cc1. The average molecular weight is 266 g/mol. The molecule has 0 aliphatic rings. The van der Waals surface area contributed by atoms with Gasteiger partial charge in [0.2, 0.25) is 0 Å². The zero-order valence-corrected chi connectivity index (χ0v) is 12.1. The van der Waals surface area contributed by atoms with E-state index in [9.17, 15) is 0 Å². The molecule has 0 radical (unpaired) electrons. The van der Waals surface area contributed by atoms with Gasteiger partial charge in [-0.25, -0.2) is 0 Å². The summed E-state index contributed by atoms with van der Waals surface area (Å²) in [5.74, 6) is 0. The van der Waals surface area contributed by atoms with Crippen molar-refractivity contribution in [1.29, 1.82) is 0 Å². The maximum Gasteiger partial charge on any atom is 0.0606 e. The van der Waals surface area contributed by atoms with Gasteiger partial charge in [-0.1, -0.05) is 19.1 Å². The first-order valence-electron chi connectivity index (χ1n) is 6.96. The Morgan fingerprint density at radius 2 is 1.95 bits per heavy atom. The maximum atomic E-state index is 9.08. The van der Waals surface area contributed by atoms with Crippen molar-refractivity contribution in [3.63, 3.8) is 0 Å². The number of aliphatic hydroxyl groups excluding tert-OH is 1. The second-order valence-corrected chi connectivity index (χ2v) is 4.55. The molecule has 0 aliphatic carbocycles. The lowest BCUT2D eigenvalue weighted by molar-refractivity contribution is 0.199. The topological polar surface area (TPSA) is 44.7 Å². The van der Waals surface area contributed by atoms with Gasteiger partial charge in [-0.3, -0.25) is 0 Å². The summed E-state index contributed by atoms with van der Waals surface area (Å²) in [4.78, 5) is 2.21. The van der Waals surface area contributed by atoms with Gasteiger partial charge in [0.15, 0.2) is 0 Å². The van der Waals surface area contributed by atoms with Crippen LogP contribution in [0, 0.1) is 0 Å². The van der Waals surface area contributed by atoms with E-state index in [1.807, 2.05) is 0 Å². The van der Waals surface area contributed by atoms with Gasteiger partial charge in [0, 0.05) is 39.0 Å². The monoisotopic (exact) mass is 266 g/mol. The largest absolute Gasteiger partial charge is 0.395 e. The van der Waals surface area contributed by atoms with Gasteiger partial charge in [0.25, 0.3) is 0 Å². The molecule has 4 heteroatoms. The molecule has 0 fully saturated rings. The minimum atomic E-state index is 0.195. The lowest BCUT2D eigenvalue weighted by Gasteiger charge is -2.23. The van der Waals surface area contributed by atoms with Gasteiger partial charge in [-0.2, -0.15) is 0 Å². The third-order valence-corrected chi connectivity index (χ3v) is 2.98. The summed E-state index contributed by atoms with van der Waals surface area (Å²) in [6.07, 6.45) is 1.08. The van der Waals surface area contributed by atoms with E-state index < -0.39 is 0 Å². The Bertz CT molecular complexity index is 321. The van der Waals surface area contributed by atoms with E-state index in [4.69, 9.17) is 9.84 Å². The number of anilines is 1. The molecular weight excluding hydrogens is 240 g/mol. The Kier molecular flexibility index (Phi) is 8.21. The molecule has 1 rings (SSSR count). The average Bonchev–Trinajstić information content (AvgIpc) is 2.44. The number of hydrogen-bond donors (Lipinski definition) is 2. The number of methoxy groups -OCH3 is 1. The van der Waals surface area contributed by atoms with Crippen molar-refractivity contribution in [2.75, 3.05) is 44.9 Å². The van der Waals surface area contributed by atoms with E-state index in [0.717, 1.165) is 32.7 Å². The van der Waals surface area contributed by atoms with Crippen LogP contribution in [0.5, 0.6) is 0 Å². The van der Waals surface area contributed by atoms with Crippen LogP contribution in [-0.2, 0) is 11.3 Å². The first-order chi connectivity index (χ1) is 9.31. The maximum absolute atomic E-state index is 9.08. The van der Waals surface area contributed by atoms with Crippen LogP contribution in [-0.4, -0.2) is 45.1 Å². The number of nitrogens with one attached hydrogen (secondary N) is 1. The van der Waals surface area contributed by atoms with Crippen molar-refractivity contribution >= 4 is 5.69 Å². The Morgan fingerprint density at radius 3 is 2.53 bits per heavy atom. The second kappa shape index (κ2) is 9.78. The standard InChI is InChI=1S/C15H26N2O2/c1-3-9-17(10-11-18)15-6-4-14(5-7-15)13-16-8-12-19-2/h4-7,16,18H,3,8-13H2,1-2H3. The fourth-order valence-corrected chi connectivity index (χ4v) is 1.99. The first kappa shape index (κ1) is 16.0. The van der Waals surface area contributed by atoms with E-state index >= 15 is 0 Å². The molecule has 108 valence electrons. The third kappa shape index (κ3) is 6.05. The van der Waals surface area contributed by atoms with Crippen LogP contribution in [0.4, 0.5) is 5.69 Å². The summed E-state index contributed by atoms with van der Waals surface area (Å²) in [7, 11) is 1.71. The molecule has 4 nitrogen and oxygen atoms in total. The van der Waals surface area contributed by atoms with Gasteiger partial charge in [0.1, 0.15) is 0 Å². The van der Waals surface area contributed by atoms with Crippen molar-refractivity contribution in [2.24, 2.45) is 0 Å². The molecule has 0 atom stereocenters. The Hall–Kier alpha value is -1.10. The Labute approximate surface area is 116 Å². The van der Waals surface area contributed by atoms with Crippen molar-refractivity contribution in [2.45, 2.75) is 19.9 Å². The summed E-state index contributed by atoms with van der Waals surface area (Å²) in [6.45, 7) is 6.48. The van der Waals surface area contributed by atoms with Crippen LogP contribution >= 0.6 is 0 Å². The molecule has 1 aromatic carbocycles. The second-order valence-electron chi connectivity index (χ2n) is 4.55. The fraction of sp³-hybridized carbons (Fsp3) is 0.600. The molecule has 19 heavy (non-hydrogen) atoms. The van der Waals surface area contributed by atoms with E-state index in [2.05, 4.69) is 41.4 Å². The molecular formula is C15H26N2O2. The molecule has 0 saturated carbocycles. The molecule has 2 N–H and O–H groups in total. The molecule has 1 aromatic rings. The van der Waals surface area contributed by atoms with Gasteiger partial charge >= 0.3 is 0 Å². The summed E-state index contributed by atoms with van der Waals surface area (Å²) < 4.78 is 4.99. The number of benzene rings is 1. The molecule has 0 heterocycles. The van der Waals surface area contributed by atoms with Crippen LogP contribution in [0.25, 0.3) is 0 Å². The van der Waals surface area contributed by atoms with E-state index in [1.165, 1.54) is 11.3 Å². The highest BCUT2D eigenvalue weighted by Crippen LogP contribution is 2.15. The predicted octanol–water partition coefficient (Wildman–Crippen LogP) is 1.63. The Balaban J connectivity index is 2.49. The highest BCUT2D eigenvalue weighted by Gasteiger charge is 2.04. The lowest BCUT2D eigenvalue weighted by Crippen LogP contribution is -2.27. The zero-order chi connectivity index (χ0) is 13.9. The van der Waals surface area contributed by atoms with Gasteiger partial charge in [-0.05, 0) is 24.1 Å². The van der Waals surface area contributed by atoms with E-state index in [1.54, 1.807) is 7.11 Å². The van der Waals surface area contributed by atoms with Crippen molar-refractivity contribution in [3.05, 3.63) is 29.8 Å². The number of aliphatic hydroxyl groups is 1. The minimum Gasteiger partial charge on any atom is -0.395 e. The molecule has 0 amide bonds. The summed E-state index contributed by atoms with van der Waals surface area (Å²) in [6, 6.07) is 8.52. The van der Waals surface area contributed by atoms with Gasteiger partial charge in [0.05, 0.1) is 13.2 Å². The number of hydrogen-bond acceptors (Lipinski definition) is 4. The van der Waals surface area contributed by atoms with Crippen molar-refractivity contribution in [3.8, 4) is 0 Å². The molecule has 0 spiro atoms. The smallest absolute Gasteiger partial charge is 0.0606 e. The van der Waals surface area contributed by atoms with Gasteiger partial charge < -0.3 is 20.1 Å².